The molecule has 0 aliphatic carbocycles. The SMILES string of the molecule is CCSc1nnc(SCC(=O)Nc2cc3c(cc2Cl)OCCCO3)s1. The van der Waals surface area contributed by atoms with Crippen LogP contribution in [0.4, 0.5) is 5.69 Å². The summed E-state index contributed by atoms with van der Waals surface area (Å²) in [5.41, 5.74) is 0.510. The van der Waals surface area contributed by atoms with Crippen LogP contribution in [-0.2, 0) is 4.79 Å². The predicted octanol–water partition coefficient (Wildman–Crippen LogP) is 4.20. The molecule has 2 aromatic rings. The third-order valence-electron chi connectivity index (χ3n) is 3.09. The van der Waals surface area contributed by atoms with Crippen LogP contribution in [0.1, 0.15) is 13.3 Å². The molecule has 1 aromatic heterocycles. The normalized spacial score (nSPS) is 13.4. The maximum atomic E-state index is 12.2. The van der Waals surface area contributed by atoms with Crippen molar-refractivity contribution in [2.45, 2.75) is 22.0 Å². The van der Waals surface area contributed by atoms with Gasteiger partial charge in [-0.1, -0.05) is 53.4 Å². The van der Waals surface area contributed by atoms with E-state index in [9.17, 15) is 4.79 Å². The third-order valence-corrected chi connectivity index (χ3v) is 6.48. The number of benzene rings is 1. The highest BCUT2D eigenvalue weighted by Crippen LogP contribution is 2.38. The second-order valence-electron chi connectivity index (χ2n) is 4.93. The smallest absolute Gasteiger partial charge is 0.234 e. The maximum Gasteiger partial charge on any atom is 0.234 e. The fraction of sp³-hybridized carbons (Fsp3) is 0.400. The van der Waals surface area contributed by atoms with Crippen LogP contribution in [-0.4, -0.2) is 40.8 Å². The Labute approximate surface area is 163 Å². The average Bonchev–Trinajstić information content (AvgIpc) is 2.92. The van der Waals surface area contributed by atoms with Crippen molar-refractivity contribution in [3.05, 3.63) is 17.2 Å². The number of amides is 1. The molecule has 134 valence electrons. The van der Waals surface area contributed by atoms with E-state index in [1.54, 1.807) is 23.9 Å². The number of carbonyl (C=O) groups excluding carboxylic acids is 1. The van der Waals surface area contributed by atoms with E-state index >= 15 is 0 Å². The summed E-state index contributed by atoms with van der Waals surface area (Å²) in [4.78, 5) is 12.2. The number of rotatable bonds is 6. The Bertz CT molecular complexity index is 757. The van der Waals surface area contributed by atoms with Gasteiger partial charge >= 0.3 is 0 Å². The summed E-state index contributed by atoms with van der Waals surface area (Å²) in [5, 5.41) is 11.4. The Balaban J connectivity index is 1.59. The van der Waals surface area contributed by atoms with Gasteiger partial charge in [0, 0.05) is 18.6 Å². The van der Waals surface area contributed by atoms with E-state index in [4.69, 9.17) is 21.1 Å². The number of aromatic nitrogens is 2. The monoisotopic (exact) mass is 417 g/mol. The molecule has 1 aliphatic heterocycles. The van der Waals surface area contributed by atoms with Crippen LogP contribution in [0.2, 0.25) is 5.02 Å². The molecule has 1 N–H and O–H groups in total. The predicted molar refractivity (Wildman–Crippen MR) is 103 cm³/mol. The van der Waals surface area contributed by atoms with E-state index in [2.05, 4.69) is 22.4 Å². The zero-order valence-electron chi connectivity index (χ0n) is 13.4. The standard InChI is InChI=1S/C15H16ClN3O3S3/c1-2-23-14-18-19-15(25-14)24-8-13(20)17-10-7-12-11(6-9(10)16)21-4-3-5-22-12/h6-7H,2-5,8H2,1H3,(H,17,20). The number of halogens is 1. The summed E-state index contributed by atoms with van der Waals surface area (Å²) in [5.74, 6) is 2.21. The minimum atomic E-state index is -0.165. The lowest BCUT2D eigenvalue weighted by Gasteiger charge is -2.12. The maximum absolute atomic E-state index is 12.2. The van der Waals surface area contributed by atoms with Gasteiger partial charge in [0.05, 0.1) is 29.7 Å². The van der Waals surface area contributed by atoms with Gasteiger partial charge in [-0.15, -0.1) is 10.2 Å². The third kappa shape index (κ3) is 5.16. The van der Waals surface area contributed by atoms with E-state index in [0.717, 1.165) is 20.9 Å². The first-order valence-corrected chi connectivity index (χ1v) is 10.8. The minimum Gasteiger partial charge on any atom is -0.490 e. The summed E-state index contributed by atoms with van der Waals surface area (Å²) in [6.07, 6.45) is 0.810. The van der Waals surface area contributed by atoms with Crippen molar-refractivity contribution in [1.29, 1.82) is 0 Å². The molecule has 0 fully saturated rings. The number of hydrogen-bond acceptors (Lipinski definition) is 8. The summed E-state index contributed by atoms with van der Waals surface area (Å²) in [6.45, 7) is 3.23. The van der Waals surface area contributed by atoms with Crippen LogP contribution >= 0.6 is 46.5 Å². The molecule has 1 aliphatic rings. The van der Waals surface area contributed by atoms with Crippen molar-refractivity contribution in [3.63, 3.8) is 0 Å². The molecule has 2 heterocycles. The quantitative estimate of drug-likeness (QED) is 0.706. The number of fused-ring (bicyclic) bond motifs is 1. The van der Waals surface area contributed by atoms with Crippen LogP contribution in [0.5, 0.6) is 11.5 Å². The molecule has 25 heavy (non-hydrogen) atoms. The second-order valence-corrected chi connectivity index (χ2v) is 9.05. The Kier molecular flexibility index (Phi) is 6.69. The van der Waals surface area contributed by atoms with Gasteiger partial charge < -0.3 is 14.8 Å². The Morgan fingerprint density at radius 3 is 2.64 bits per heavy atom. The first-order valence-electron chi connectivity index (χ1n) is 7.64. The highest BCUT2D eigenvalue weighted by Gasteiger charge is 2.16. The van der Waals surface area contributed by atoms with Crippen molar-refractivity contribution in [2.75, 3.05) is 30.0 Å². The summed E-state index contributed by atoms with van der Waals surface area (Å²) < 4.78 is 12.9. The van der Waals surface area contributed by atoms with Crippen LogP contribution < -0.4 is 14.8 Å². The van der Waals surface area contributed by atoms with Gasteiger partial charge in [0.25, 0.3) is 0 Å². The summed E-state index contributed by atoms with van der Waals surface area (Å²) in [6, 6.07) is 3.37. The molecular weight excluding hydrogens is 402 g/mol. The molecular formula is C15H16ClN3O3S3. The summed E-state index contributed by atoms with van der Waals surface area (Å²) >= 11 is 10.7. The van der Waals surface area contributed by atoms with E-state index in [0.29, 0.717) is 35.4 Å². The Hall–Kier alpha value is -1.16. The van der Waals surface area contributed by atoms with Crippen LogP contribution in [0.15, 0.2) is 20.8 Å². The Morgan fingerprint density at radius 2 is 1.92 bits per heavy atom. The molecule has 0 bridgehead atoms. The topological polar surface area (TPSA) is 73.3 Å². The van der Waals surface area contributed by atoms with Gasteiger partial charge in [0.2, 0.25) is 5.91 Å². The van der Waals surface area contributed by atoms with Crippen LogP contribution in [0.25, 0.3) is 0 Å². The van der Waals surface area contributed by atoms with Crippen molar-refractivity contribution in [1.82, 2.24) is 10.2 Å². The highest BCUT2D eigenvalue weighted by atomic mass is 35.5. The Morgan fingerprint density at radius 1 is 1.24 bits per heavy atom. The van der Waals surface area contributed by atoms with E-state index in [1.165, 1.54) is 23.1 Å². The van der Waals surface area contributed by atoms with Crippen molar-refractivity contribution >= 4 is 58.1 Å². The number of hydrogen-bond donors (Lipinski definition) is 1. The molecule has 3 rings (SSSR count). The lowest BCUT2D eigenvalue weighted by Crippen LogP contribution is -2.14. The first-order chi connectivity index (χ1) is 12.2. The number of thioether (sulfide) groups is 2. The van der Waals surface area contributed by atoms with Gasteiger partial charge in [-0.2, -0.15) is 0 Å². The van der Waals surface area contributed by atoms with E-state index < -0.39 is 0 Å². The number of anilines is 1. The lowest BCUT2D eigenvalue weighted by molar-refractivity contribution is -0.113. The van der Waals surface area contributed by atoms with Gasteiger partial charge in [0.1, 0.15) is 0 Å². The highest BCUT2D eigenvalue weighted by molar-refractivity contribution is 8.03. The zero-order chi connectivity index (χ0) is 17.6. The molecule has 10 heteroatoms. The van der Waals surface area contributed by atoms with Crippen molar-refractivity contribution in [2.24, 2.45) is 0 Å². The molecule has 0 spiro atoms. The van der Waals surface area contributed by atoms with Gasteiger partial charge in [-0.25, -0.2) is 0 Å². The number of carbonyl (C=O) groups is 1. The minimum absolute atomic E-state index is 0.165. The molecule has 0 saturated heterocycles. The second kappa shape index (κ2) is 8.98. The fourth-order valence-corrected chi connectivity index (χ4v) is 4.95. The van der Waals surface area contributed by atoms with Crippen molar-refractivity contribution < 1.29 is 14.3 Å². The summed E-state index contributed by atoms with van der Waals surface area (Å²) in [7, 11) is 0. The molecule has 1 amide bonds. The molecule has 0 atom stereocenters. The van der Waals surface area contributed by atoms with Crippen LogP contribution in [0.3, 0.4) is 0 Å². The molecule has 0 unspecified atom stereocenters. The van der Waals surface area contributed by atoms with Crippen LogP contribution in [0, 0.1) is 0 Å². The van der Waals surface area contributed by atoms with Gasteiger partial charge in [0.15, 0.2) is 20.2 Å². The largest absolute Gasteiger partial charge is 0.490 e. The van der Waals surface area contributed by atoms with E-state index in [1.807, 2.05) is 0 Å². The lowest BCUT2D eigenvalue weighted by atomic mass is 10.2. The van der Waals surface area contributed by atoms with Crippen molar-refractivity contribution in [3.8, 4) is 11.5 Å². The molecule has 1 aromatic carbocycles. The first kappa shape index (κ1) is 18.6. The number of ether oxygens (including phenoxy) is 2. The molecule has 0 saturated carbocycles. The van der Waals surface area contributed by atoms with Gasteiger partial charge in [-0.3, -0.25) is 4.79 Å². The van der Waals surface area contributed by atoms with E-state index in [-0.39, 0.29) is 11.7 Å². The zero-order valence-corrected chi connectivity index (χ0v) is 16.6. The van der Waals surface area contributed by atoms with Gasteiger partial charge in [-0.05, 0) is 5.75 Å². The average molecular weight is 418 g/mol. The number of nitrogens with zero attached hydrogens (tertiary/aromatic N) is 2. The number of nitrogens with one attached hydrogen (secondary N) is 1. The molecule has 0 radical (unpaired) electrons. The molecule has 6 nitrogen and oxygen atoms in total. The fourth-order valence-electron chi connectivity index (χ4n) is 2.03.